The Bertz CT molecular complexity index is 545. The summed E-state index contributed by atoms with van der Waals surface area (Å²) in [7, 11) is 0. The van der Waals surface area contributed by atoms with Crippen molar-refractivity contribution in [1.82, 2.24) is 0 Å². The van der Waals surface area contributed by atoms with Crippen LogP contribution in [0.25, 0.3) is 0 Å². The Kier molecular flexibility index (Phi) is 4.72. The number of benzene rings is 1. The Hall–Kier alpha value is -1.47. The van der Waals surface area contributed by atoms with Gasteiger partial charge >= 0.3 is 0 Å². The Morgan fingerprint density at radius 1 is 1.35 bits per heavy atom. The minimum absolute atomic E-state index is 0.0581. The molecule has 1 heterocycles. The summed E-state index contributed by atoms with van der Waals surface area (Å²) >= 11 is 3.13. The summed E-state index contributed by atoms with van der Waals surface area (Å²) in [6.07, 6.45) is 1.24. The highest BCUT2D eigenvalue weighted by Crippen LogP contribution is 2.29. The zero-order valence-electron chi connectivity index (χ0n) is 10.6. The average molecular weight is 345 g/mol. The molecule has 0 aliphatic carbocycles. The van der Waals surface area contributed by atoms with Gasteiger partial charge in [-0.25, -0.2) is 4.39 Å². The van der Waals surface area contributed by atoms with Crippen molar-refractivity contribution in [1.29, 1.82) is 0 Å². The minimum atomic E-state index is -0.799. The minimum Gasteiger partial charge on any atom is -0.381 e. The summed E-state index contributed by atoms with van der Waals surface area (Å²) in [5, 5.41) is 2.65. The van der Waals surface area contributed by atoms with Gasteiger partial charge in [0.2, 0.25) is 5.91 Å². The molecule has 0 saturated carbocycles. The number of hydrogen-bond donors (Lipinski definition) is 2. The largest absolute Gasteiger partial charge is 0.381 e. The van der Waals surface area contributed by atoms with E-state index in [0.29, 0.717) is 26.1 Å². The van der Waals surface area contributed by atoms with Gasteiger partial charge in [-0.15, -0.1) is 0 Å². The highest BCUT2D eigenvalue weighted by Gasteiger charge is 2.24. The van der Waals surface area contributed by atoms with Crippen LogP contribution in [0.3, 0.4) is 0 Å². The third-order valence-corrected chi connectivity index (χ3v) is 3.79. The van der Waals surface area contributed by atoms with Crippen LogP contribution in [-0.4, -0.2) is 25.0 Å². The number of primary amides is 1. The van der Waals surface area contributed by atoms with Crippen LogP contribution in [0.1, 0.15) is 23.2 Å². The van der Waals surface area contributed by atoms with Crippen molar-refractivity contribution in [2.45, 2.75) is 12.8 Å². The number of carbonyl (C=O) groups is 2. The molecule has 0 aromatic heterocycles. The highest BCUT2D eigenvalue weighted by atomic mass is 79.9. The summed E-state index contributed by atoms with van der Waals surface area (Å²) < 4.78 is 18.8. The van der Waals surface area contributed by atoms with Crippen LogP contribution in [0.4, 0.5) is 10.1 Å². The van der Waals surface area contributed by atoms with Crippen molar-refractivity contribution in [3.63, 3.8) is 0 Å². The van der Waals surface area contributed by atoms with E-state index in [-0.39, 0.29) is 27.5 Å². The second-order valence-electron chi connectivity index (χ2n) is 4.55. The van der Waals surface area contributed by atoms with Crippen molar-refractivity contribution in [3.8, 4) is 0 Å². The van der Waals surface area contributed by atoms with Crippen LogP contribution in [-0.2, 0) is 9.53 Å². The SMILES string of the molecule is NC(=O)c1cc(F)cc(Br)c1NC(=O)C1CCOCC1. The molecule has 2 rings (SSSR count). The molecule has 1 fully saturated rings. The first-order valence-corrected chi connectivity index (χ1v) is 6.96. The van der Waals surface area contributed by atoms with E-state index in [9.17, 15) is 14.0 Å². The summed E-state index contributed by atoms with van der Waals surface area (Å²) in [6, 6.07) is 2.18. The van der Waals surface area contributed by atoms with Crippen LogP contribution >= 0.6 is 15.9 Å². The highest BCUT2D eigenvalue weighted by molar-refractivity contribution is 9.10. The number of ether oxygens (including phenoxy) is 1. The number of rotatable bonds is 3. The maximum atomic E-state index is 13.3. The zero-order valence-corrected chi connectivity index (χ0v) is 12.2. The third kappa shape index (κ3) is 3.34. The molecule has 0 radical (unpaired) electrons. The molecule has 20 heavy (non-hydrogen) atoms. The average Bonchev–Trinajstić information content (AvgIpc) is 2.42. The van der Waals surface area contributed by atoms with Crippen molar-refractivity contribution < 1.29 is 18.7 Å². The molecule has 1 saturated heterocycles. The van der Waals surface area contributed by atoms with Crippen LogP contribution in [0.15, 0.2) is 16.6 Å². The molecule has 7 heteroatoms. The molecule has 0 unspecified atom stereocenters. The first kappa shape index (κ1) is 14.9. The smallest absolute Gasteiger partial charge is 0.250 e. The van der Waals surface area contributed by atoms with E-state index in [2.05, 4.69) is 21.2 Å². The molecule has 1 aliphatic rings. The fourth-order valence-electron chi connectivity index (χ4n) is 2.08. The third-order valence-electron chi connectivity index (χ3n) is 3.16. The molecule has 1 aromatic rings. The number of halogens is 2. The Labute approximate surface area is 123 Å². The summed E-state index contributed by atoms with van der Waals surface area (Å²) in [5.41, 5.74) is 5.35. The number of nitrogens with one attached hydrogen (secondary N) is 1. The maximum absolute atomic E-state index is 13.3. The van der Waals surface area contributed by atoms with Crippen molar-refractivity contribution in [3.05, 3.63) is 28.0 Å². The quantitative estimate of drug-likeness (QED) is 0.880. The second-order valence-corrected chi connectivity index (χ2v) is 5.40. The van der Waals surface area contributed by atoms with Gasteiger partial charge in [-0.2, -0.15) is 0 Å². The molecule has 0 bridgehead atoms. The summed E-state index contributed by atoms with van der Waals surface area (Å²) in [4.78, 5) is 23.5. The van der Waals surface area contributed by atoms with E-state index < -0.39 is 11.7 Å². The van der Waals surface area contributed by atoms with Crippen LogP contribution < -0.4 is 11.1 Å². The number of carbonyl (C=O) groups excluding carboxylic acids is 2. The van der Waals surface area contributed by atoms with Crippen LogP contribution in [0.2, 0.25) is 0 Å². The summed E-state index contributed by atoms with van der Waals surface area (Å²) in [5.74, 6) is -1.80. The second kappa shape index (κ2) is 6.32. The topological polar surface area (TPSA) is 81.4 Å². The van der Waals surface area contributed by atoms with E-state index in [1.54, 1.807) is 0 Å². The Morgan fingerprint density at radius 2 is 2.00 bits per heavy atom. The fraction of sp³-hybridized carbons (Fsp3) is 0.385. The first-order chi connectivity index (χ1) is 9.49. The molecule has 108 valence electrons. The monoisotopic (exact) mass is 344 g/mol. The molecule has 3 N–H and O–H groups in total. The predicted molar refractivity (Wildman–Crippen MR) is 74.8 cm³/mol. The lowest BCUT2D eigenvalue weighted by Crippen LogP contribution is -2.29. The van der Waals surface area contributed by atoms with Crippen LogP contribution in [0.5, 0.6) is 0 Å². The molecule has 0 spiro atoms. The van der Waals surface area contributed by atoms with E-state index in [1.807, 2.05) is 0 Å². The molecule has 1 aromatic carbocycles. The number of hydrogen-bond acceptors (Lipinski definition) is 3. The van der Waals surface area contributed by atoms with Gasteiger partial charge < -0.3 is 15.8 Å². The van der Waals surface area contributed by atoms with E-state index >= 15 is 0 Å². The number of amides is 2. The van der Waals surface area contributed by atoms with Crippen molar-refractivity contribution in [2.75, 3.05) is 18.5 Å². The Balaban J connectivity index is 2.23. The molecule has 1 aliphatic heterocycles. The molecule has 0 atom stereocenters. The molecular weight excluding hydrogens is 331 g/mol. The number of nitrogens with two attached hydrogens (primary N) is 1. The van der Waals surface area contributed by atoms with Gasteiger partial charge in [-0.1, -0.05) is 0 Å². The van der Waals surface area contributed by atoms with Crippen LogP contribution in [0, 0.1) is 11.7 Å². The molecule has 2 amide bonds. The van der Waals surface area contributed by atoms with Gasteiger partial charge in [-0.05, 0) is 40.9 Å². The lowest BCUT2D eigenvalue weighted by molar-refractivity contribution is -0.122. The van der Waals surface area contributed by atoms with Crippen molar-refractivity contribution >= 4 is 33.4 Å². The molecular formula is C13H14BrFN2O3. The lowest BCUT2D eigenvalue weighted by Gasteiger charge is -2.22. The number of anilines is 1. The molecule has 5 nitrogen and oxygen atoms in total. The Morgan fingerprint density at radius 3 is 2.60 bits per heavy atom. The maximum Gasteiger partial charge on any atom is 0.250 e. The fourth-order valence-corrected chi connectivity index (χ4v) is 2.61. The van der Waals surface area contributed by atoms with Gasteiger partial charge in [0.15, 0.2) is 0 Å². The predicted octanol–water partition coefficient (Wildman–Crippen LogP) is 2.05. The summed E-state index contributed by atoms with van der Waals surface area (Å²) in [6.45, 7) is 1.07. The normalized spacial score (nSPS) is 15.9. The zero-order chi connectivity index (χ0) is 14.7. The van der Waals surface area contributed by atoms with Gasteiger partial charge in [0.05, 0.1) is 11.3 Å². The van der Waals surface area contributed by atoms with Gasteiger partial charge in [0.25, 0.3) is 5.91 Å². The van der Waals surface area contributed by atoms with E-state index in [1.165, 1.54) is 6.07 Å². The van der Waals surface area contributed by atoms with Crippen molar-refractivity contribution in [2.24, 2.45) is 11.7 Å². The first-order valence-electron chi connectivity index (χ1n) is 6.16. The van der Waals surface area contributed by atoms with Gasteiger partial charge in [0, 0.05) is 23.6 Å². The lowest BCUT2D eigenvalue weighted by atomic mass is 9.99. The van der Waals surface area contributed by atoms with E-state index in [4.69, 9.17) is 10.5 Å². The van der Waals surface area contributed by atoms with Gasteiger partial charge in [-0.3, -0.25) is 9.59 Å². The standard InChI is InChI=1S/C13H14BrFN2O3/c14-10-6-8(15)5-9(12(16)18)11(10)17-13(19)7-1-3-20-4-2-7/h5-7H,1-4H2,(H2,16,18)(H,17,19). The van der Waals surface area contributed by atoms with Gasteiger partial charge in [0.1, 0.15) is 5.82 Å². The van der Waals surface area contributed by atoms with E-state index in [0.717, 1.165) is 6.07 Å².